The Morgan fingerprint density at radius 1 is 1.56 bits per heavy atom. The summed E-state index contributed by atoms with van der Waals surface area (Å²) < 4.78 is 29.3. The summed E-state index contributed by atoms with van der Waals surface area (Å²) in [4.78, 5) is 18.6. The molecule has 2 N–H and O–H groups in total. The van der Waals surface area contributed by atoms with E-state index in [0.29, 0.717) is 0 Å². The highest BCUT2D eigenvalue weighted by Gasteiger charge is 2.23. The molecule has 0 aliphatic heterocycles. The quantitative estimate of drug-likeness (QED) is 0.550. The fraction of sp³-hybridized carbons (Fsp3) is 0.333. The van der Waals surface area contributed by atoms with E-state index in [2.05, 4.69) is 18.5 Å². The highest BCUT2D eigenvalue weighted by Crippen LogP contribution is 2.08. The van der Waals surface area contributed by atoms with Gasteiger partial charge in [-0.05, 0) is 0 Å². The third-order valence-electron chi connectivity index (χ3n) is 1.30. The van der Waals surface area contributed by atoms with Crippen LogP contribution in [-0.2, 0) is 19.1 Å². The van der Waals surface area contributed by atoms with Gasteiger partial charge in [0.2, 0.25) is 5.82 Å². The number of carbonyl (C=O) groups excluding carboxylic acids is 1. The van der Waals surface area contributed by atoms with Crippen molar-refractivity contribution in [1.29, 1.82) is 0 Å². The summed E-state index contributed by atoms with van der Waals surface area (Å²) in [5.41, 5.74) is 5.02. The monoisotopic (exact) mass is 264 g/mol. The number of carbonyl (C=O) groups is 1. The van der Waals surface area contributed by atoms with Gasteiger partial charge in [-0.3, -0.25) is 4.99 Å². The lowest BCUT2D eigenvalue weighted by Gasteiger charge is -2.00. The number of nitrogens with zero attached hydrogens (tertiary/aromatic N) is 3. The van der Waals surface area contributed by atoms with Crippen LogP contribution >= 0.6 is 11.5 Å². The minimum absolute atomic E-state index is 0.0568. The van der Waals surface area contributed by atoms with Crippen molar-refractivity contribution in [3.63, 3.8) is 0 Å². The number of nitrogen functional groups attached to an aromatic ring is 1. The summed E-state index contributed by atoms with van der Waals surface area (Å²) >= 11 is 0.862. The number of nitrogens with two attached hydrogens (primary N) is 1. The van der Waals surface area contributed by atoms with E-state index in [1.165, 1.54) is 7.05 Å². The maximum atomic E-state index is 11.4. The first kappa shape index (κ1) is 12.5. The van der Waals surface area contributed by atoms with E-state index in [-0.39, 0.29) is 16.7 Å². The molecule has 8 nitrogen and oxygen atoms in total. The Bertz CT molecular complexity index is 532. The minimum atomic E-state index is -3.89. The van der Waals surface area contributed by atoms with E-state index in [4.69, 9.17) is 5.73 Å². The molecule has 0 radical (unpaired) electrons. The van der Waals surface area contributed by atoms with Gasteiger partial charge in [0.25, 0.3) is 0 Å². The maximum Gasteiger partial charge on any atom is 0.375 e. The zero-order valence-electron chi connectivity index (χ0n) is 8.37. The van der Waals surface area contributed by atoms with Crippen molar-refractivity contribution < 1.29 is 17.4 Å². The number of aliphatic imine (C=N–C) groups is 1. The van der Waals surface area contributed by atoms with Crippen LogP contribution in [0, 0.1) is 0 Å². The van der Waals surface area contributed by atoms with Gasteiger partial charge in [0.1, 0.15) is 0 Å². The van der Waals surface area contributed by atoms with E-state index in [9.17, 15) is 13.2 Å². The van der Waals surface area contributed by atoms with Gasteiger partial charge in [0.05, 0.1) is 6.26 Å². The van der Waals surface area contributed by atoms with Crippen LogP contribution in [0.1, 0.15) is 5.82 Å². The molecule has 88 valence electrons. The summed E-state index contributed by atoms with van der Waals surface area (Å²) in [6, 6.07) is 0. The Morgan fingerprint density at radius 3 is 2.56 bits per heavy atom. The van der Waals surface area contributed by atoms with Crippen molar-refractivity contribution in [3.8, 4) is 0 Å². The smallest absolute Gasteiger partial charge is 0.374 e. The second-order valence-corrected chi connectivity index (χ2v) is 4.96. The molecule has 0 aliphatic carbocycles. The molecule has 1 aromatic rings. The van der Waals surface area contributed by atoms with Crippen molar-refractivity contribution in [3.05, 3.63) is 5.82 Å². The fourth-order valence-electron chi connectivity index (χ4n) is 0.791. The Morgan fingerprint density at radius 2 is 2.19 bits per heavy atom. The van der Waals surface area contributed by atoms with Crippen LogP contribution in [0.3, 0.4) is 0 Å². The second kappa shape index (κ2) is 4.53. The van der Waals surface area contributed by atoms with Gasteiger partial charge in [-0.25, -0.2) is 4.79 Å². The third kappa shape index (κ3) is 3.24. The lowest BCUT2D eigenvalue weighted by Crippen LogP contribution is -2.23. The zero-order chi connectivity index (χ0) is 12.3. The SMILES string of the molecule is C/N=C(\C(=O)OS(C)(=O)=O)c1nsc(N)n1. The van der Waals surface area contributed by atoms with E-state index in [1.54, 1.807) is 0 Å². The number of aromatic nitrogens is 2. The first-order chi connectivity index (χ1) is 7.33. The van der Waals surface area contributed by atoms with Crippen LogP contribution < -0.4 is 5.73 Å². The number of hydrogen-bond acceptors (Lipinski definition) is 9. The van der Waals surface area contributed by atoms with Gasteiger partial charge < -0.3 is 9.92 Å². The van der Waals surface area contributed by atoms with Gasteiger partial charge in [-0.1, -0.05) is 0 Å². The Hall–Kier alpha value is -1.55. The predicted octanol–water partition coefficient (Wildman–Crippen LogP) is -0.958. The van der Waals surface area contributed by atoms with Crippen LogP contribution in [0.25, 0.3) is 0 Å². The summed E-state index contributed by atoms with van der Waals surface area (Å²) in [5.74, 6) is -1.19. The summed E-state index contributed by atoms with van der Waals surface area (Å²) in [7, 11) is -2.61. The van der Waals surface area contributed by atoms with Gasteiger partial charge >= 0.3 is 16.1 Å². The molecule has 1 heterocycles. The van der Waals surface area contributed by atoms with Crippen LogP contribution in [0.15, 0.2) is 4.99 Å². The zero-order valence-corrected chi connectivity index (χ0v) is 10.0. The average molecular weight is 264 g/mol. The van der Waals surface area contributed by atoms with Gasteiger partial charge in [-0.2, -0.15) is 17.8 Å². The highest BCUT2D eigenvalue weighted by molar-refractivity contribution is 7.86. The van der Waals surface area contributed by atoms with Crippen molar-refractivity contribution >= 4 is 38.5 Å². The molecule has 0 unspecified atom stereocenters. The number of rotatable bonds is 3. The molecule has 0 fully saturated rings. The van der Waals surface area contributed by atoms with E-state index in [1.807, 2.05) is 0 Å². The topological polar surface area (TPSA) is 125 Å². The van der Waals surface area contributed by atoms with E-state index in [0.717, 1.165) is 17.8 Å². The highest BCUT2D eigenvalue weighted by atomic mass is 32.2. The molecule has 0 spiro atoms. The lowest BCUT2D eigenvalue weighted by atomic mass is 10.3. The van der Waals surface area contributed by atoms with Crippen molar-refractivity contribution in [1.82, 2.24) is 9.36 Å². The summed E-state index contributed by atoms with van der Waals surface area (Å²) in [6.45, 7) is 0. The average Bonchev–Trinajstić information content (AvgIpc) is 2.49. The molecule has 10 heteroatoms. The van der Waals surface area contributed by atoms with Crippen LogP contribution in [0.2, 0.25) is 0 Å². The van der Waals surface area contributed by atoms with Crippen molar-refractivity contribution in [2.24, 2.45) is 4.99 Å². The summed E-state index contributed by atoms with van der Waals surface area (Å²) in [5, 5.41) is 0.142. The standard InChI is InChI=1S/C6H8N4O4S2/c1-8-3(4-9-6(7)15-10-4)5(11)14-16(2,12)13/h1-2H3,(H2,7,9,10)/b8-3-. The largest absolute Gasteiger partial charge is 0.375 e. The lowest BCUT2D eigenvalue weighted by molar-refractivity contribution is -0.126. The van der Waals surface area contributed by atoms with Crippen molar-refractivity contribution in [2.75, 3.05) is 19.0 Å². The Balaban J connectivity index is 2.97. The minimum Gasteiger partial charge on any atom is -0.374 e. The third-order valence-corrected chi connectivity index (χ3v) is 2.29. The van der Waals surface area contributed by atoms with E-state index < -0.39 is 16.1 Å². The molecular weight excluding hydrogens is 256 g/mol. The fourth-order valence-corrected chi connectivity index (χ4v) is 1.58. The summed E-state index contributed by atoms with van der Waals surface area (Å²) in [6.07, 6.45) is 0.751. The van der Waals surface area contributed by atoms with Gasteiger partial charge in [0.15, 0.2) is 10.8 Å². The molecule has 1 aromatic heterocycles. The predicted molar refractivity (Wildman–Crippen MR) is 57.7 cm³/mol. The van der Waals surface area contributed by atoms with Crippen molar-refractivity contribution in [2.45, 2.75) is 0 Å². The maximum absolute atomic E-state index is 11.4. The Kier molecular flexibility index (Phi) is 3.55. The first-order valence-electron chi connectivity index (χ1n) is 3.83. The van der Waals surface area contributed by atoms with Crippen LogP contribution in [0.4, 0.5) is 5.13 Å². The Labute approximate surface area is 95.5 Å². The molecule has 0 bridgehead atoms. The molecule has 0 amide bonds. The molecule has 0 aliphatic rings. The van der Waals surface area contributed by atoms with Crippen LogP contribution in [-0.4, -0.2) is 42.8 Å². The first-order valence-corrected chi connectivity index (χ1v) is 6.42. The van der Waals surface area contributed by atoms with Crippen LogP contribution in [0.5, 0.6) is 0 Å². The van der Waals surface area contributed by atoms with Gasteiger partial charge in [-0.15, -0.1) is 0 Å². The van der Waals surface area contributed by atoms with Gasteiger partial charge in [0, 0.05) is 18.6 Å². The number of anilines is 1. The molecule has 0 aromatic carbocycles. The normalized spacial score (nSPS) is 12.5. The molecule has 1 rings (SSSR count). The molecule has 0 saturated carbocycles. The second-order valence-electron chi connectivity index (χ2n) is 2.60. The molecule has 0 saturated heterocycles. The number of hydrogen-bond donors (Lipinski definition) is 1. The molecular formula is C6H8N4O4S2. The molecule has 0 atom stereocenters. The molecule has 16 heavy (non-hydrogen) atoms. The van der Waals surface area contributed by atoms with E-state index >= 15 is 0 Å².